The first-order valence-electron chi connectivity index (χ1n) is 8.22. The molecule has 1 atom stereocenters. The number of hydrogen-bond acceptors (Lipinski definition) is 4. The average molecular weight is 351 g/mol. The summed E-state index contributed by atoms with van der Waals surface area (Å²) >= 11 is 1.45. The molecule has 0 saturated heterocycles. The highest BCUT2D eigenvalue weighted by Gasteiger charge is 2.31. The molecule has 6 heteroatoms. The van der Waals surface area contributed by atoms with E-state index in [0.29, 0.717) is 16.5 Å². The molecule has 1 aliphatic rings. The van der Waals surface area contributed by atoms with Crippen molar-refractivity contribution in [1.82, 2.24) is 9.97 Å². The Morgan fingerprint density at radius 1 is 1.16 bits per heavy atom. The Morgan fingerprint density at radius 2 is 1.96 bits per heavy atom. The zero-order valence-electron chi connectivity index (χ0n) is 13.7. The van der Waals surface area contributed by atoms with Gasteiger partial charge in [-0.25, -0.2) is 4.98 Å². The molecule has 0 bridgehead atoms. The number of hydrogen-bond donors (Lipinski definition) is 2. The standard InChI is InChI=1S/C19H17N3O2S/c1-2-25-19-21-17-16(18(24)22-19)14(10-15(23)20-17)13-9-5-7-11-6-3-4-8-12(11)13/h3-9,14H,2,10H2,1H3,(H2,20,21,22,23,24)/t14-/m1/s1. The number of nitrogens with one attached hydrogen (secondary N) is 2. The number of amides is 1. The summed E-state index contributed by atoms with van der Waals surface area (Å²) in [7, 11) is 0. The minimum absolute atomic E-state index is 0.115. The fourth-order valence-electron chi connectivity index (χ4n) is 3.38. The Morgan fingerprint density at radius 3 is 2.80 bits per heavy atom. The van der Waals surface area contributed by atoms with E-state index < -0.39 is 0 Å². The fourth-order valence-corrected chi connectivity index (χ4v) is 3.97. The van der Waals surface area contributed by atoms with Crippen LogP contribution in [0, 0.1) is 0 Å². The van der Waals surface area contributed by atoms with Gasteiger partial charge in [0.25, 0.3) is 5.56 Å². The number of H-pyrrole nitrogens is 1. The minimum Gasteiger partial charge on any atom is -0.310 e. The number of carbonyl (C=O) groups is 1. The predicted octanol–water partition coefficient (Wildman–Crippen LogP) is 3.51. The SMILES string of the molecule is CCSc1nc2c(c(=O)[nH]1)[C@@H](c1cccc3ccccc13)CC(=O)N2. The molecule has 1 amide bonds. The van der Waals surface area contributed by atoms with Gasteiger partial charge in [-0.1, -0.05) is 61.2 Å². The molecule has 126 valence electrons. The minimum atomic E-state index is -0.299. The van der Waals surface area contributed by atoms with Gasteiger partial charge in [-0.15, -0.1) is 0 Å². The van der Waals surface area contributed by atoms with Crippen molar-refractivity contribution in [2.75, 3.05) is 11.1 Å². The second kappa shape index (κ2) is 6.37. The van der Waals surface area contributed by atoms with E-state index in [1.807, 2.05) is 49.4 Å². The van der Waals surface area contributed by atoms with E-state index in [9.17, 15) is 9.59 Å². The Hall–Kier alpha value is -2.60. The van der Waals surface area contributed by atoms with E-state index in [1.165, 1.54) is 11.8 Å². The van der Waals surface area contributed by atoms with Gasteiger partial charge in [0, 0.05) is 12.3 Å². The summed E-state index contributed by atoms with van der Waals surface area (Å²) < 4.78 is 0. The molecule has 1 aromatic heterocycles. The maximum Gasteiger partial charge on any atom is 0.257 e. The Bertz CT molecular complexity index is 1020. The zero-order valence-corrected chi connectivity index (χ0v) is 14.5. The predicted molar refractivity (Wildman–Crippen MR) is 100 cm³/mol. The summed E-state index contributed by atoms with van der Waals surface area (Å²) in [6.07, 6.45) is 0.242. The molecular weight excluding hydrogens is 334 g/mol. The highest BCUT2D eigenvalue weighted by atomic mass is 32.2. The molecule has 0 aliphatic carbocycles. The third kappa shape index (κ3) is 2.82. The third-order valence-corrected chi connectivity index (χ3v) is 5.16. The summed E-state index contributed by atoms with van der Waals surface area (Å²) in [6, 6.07) is 14.0. The molecular formula is C19H17N3O2S. The Kier molecular flexibility index (Phi) is 4.05. The van der Waals surface area contributed by atoms with Gasteiger partial charge in [-0.2, -0.15) is 0 Å². The highest BCUT2D eigenvalue weighted by Crippen LogP contribution is 2.37. The van der Waals surface area contributed by atoms with Crippen LogP contribution >= 0.6 is 11.8 Å². The van der Waals surface area contributed by atoms with Gasteiger partial charge in [0.1, 0.15) is 5.82 Å². The van der Waals surface area contributed by atoms with Crippen molar-refractivity contribution in [3.63, 3.8) is 0 Å². The van der Waals surface area contributed by atoms with Crippen molar-refractivity contribution in [3.05, 3.63) is 63.9 Å². The number of fused-ring (bicyclic) bond motifs is 2. The highest BCUT2D eigenvalue weighted by molar-refractivity contribution is 7.99. The maximum absolute atomic E-state index is 12.7. The van der Waals surface area contributed by atoms with Crippen LogP contribution in [0.3, 0.4) is 0 Å². The van der Waals surface area contributed by atoms with Crippen LogP contribution in [0.15, 0.2) is 52.4 Å². The average Bonchev–Trinajstić information content (AvgIpc) is 2.60. The molecule has 2 heterocycles. The van der Waals surface area contributed by atoms with E-state index in [-0.39, 0.29) is 23.8 Å². The van der Waals surface area contributed by atoms with Crippen molar-refractivity contribution in [3.8, 4) is 0 Å². The van der Waals surface area contributed by atoms with Crippen molar-refractivity contribution in [1.29, 1.82) is 0 Å². The van der Waals surface area contributed by atoms with Crippen molar-refractivity contribution in [2.45, 2.75) is 24.4 Å². The molecule has 25 heavy (non-hydrogen) atoms. The van der Waals surface area contributed by atoms with E-state index in [4.69, 9.17) is 0 Å². The van der Waals surface area contributed by atoms with Gasteiger partial charge in [-0.3, -0.25) is 9.59 Å². The smallest absolute Gasteiger partial charge is 0.257 e. The first-order chi connectivity index (χ1) is 12.2. The summed E-state index contributed by atoms with van der Waals surface area (Å²) in [5.74, 6) is 0.763. The normalized spacial score (nSPS) is 16.5. The number of thioether (sulfide) groups is 1. The molecule has 4 rings (SSSR count). The lowest BCUT2D eigenvalue weighted by atomic mass is 9.84. The van der Waals surface area contributed by atoms with E-state index in [1.54, 1.807) is 0 Å². The van der Waals surface area contributed by atoms with Crippen LogP contribution < -0.4 is 10.9 Å². The second-order valence-corrected chi connectivity index (χ2v) is 7.19. The van der Waals surface area contributed by atoms with Gasteiger partial charge in [0.05, 0.1) is 5.56 Å². The molecule has 1 aliphatic heterocycles. The van der Waals surface area contributed by atoms with Crippen molar-refractivity contribution in [2.24, 2.45) is 0 Å². The van der Waals surface area contributed by atoms with Crippen LogP contribution in [-0.4, -0.2) is 21.6 Å². The van der Waals surface area contributed by atoms with Crippen LogP contribution in [0.4, 0.5) is 5.82 Å². The Labute approximate surface area is 148 Å². The molecule has 0 unspecified atom stereocenters. The number of rotatable bonds is 3. The van der Waals surface area contributed by atoms with Crippen LogP contribution in [-0.2, 0) is 4.79 Å². The van der Waals surface area contributed by atoms with Crippen molar-refractivity contribution >= 4 is 34.3 Å². The number of benzene rings is 2. The van der Waals surface area contributed by atoms with Crippen LogP contribution in [0.2, 0.25) is 0 Å². The number of aromatic nitrogens is 2. The van der Waals surface area contributed by atoms with E-state index >= 15 is 0 Å². The van der Waals surface area contributed by atoms with E-state index in [2.05, 4.69) is 15.3 Å². The molecule has 0 radical (unpaired) electrons. The molecule has 5 nitrogen and oxygen atoms in total. The first kappa shape index (κ1) is 15.9. The summed E-state index contributed by atoms with van der Waals surface area (Å²) in [4.78, 5) is 32.3. The molecule has 2 N–H and O–H groups in total. The molecule has 0 spiro atoms. The molecule has 3 aromatic rings. The molecule has 2 aromatic carbocycles. The monoisotopic (exact) mass is 351 g/mol. The third-order valence-electron chi connectivity index (χ3n) is 4.41. The molecule has 0 fully saturated rings. The fraction of sp³-hybridized carbons (Fsp3) is 0.211. The quantitative estimate of drug-likeness (QED) is 0.559. The van der Waals surface area contributed by atoms with Crippen LogP contribution in [0.25, 0.3) is 10.8 Å². The zero-order chi connectivity index (χ0) is 17.4. The number of carbonyl (C=O) groups excluding carboxylic acids is 1. The van der Waals surface area contributed by atoms with Gasteiger partial charge in [0.15, 0.2) is 5.16 Å². The largest absolute Gasteiger partial charge is 0.310 e. The lowest BCUT2D eigenvalue weighted by Gasteiger charge is -2.25. The number of anilines is 1. The topological polar surface area (TPSA) is 74.8 Å². The van der Waals surface area contributed by atoms with Crippen LogP contribution in [0.1, 0.15) is 30.4 Å². The maximum atomic E-state index is 12.7. The van der Waals surface area contributed by atoms with Gasteiger partial charge in [-0.05, 0) is 22.1 Å². The lowest BCUT2D eigenvalue weighted by Crippen LogP contribution is -2.31. The summed E-state index contributed by atoms with van der Waals surface area (Å²) in [5, 5.41) is 5.45. The van der Waals surface area contributed by atoms with Crippen molar-refractivity contribution < 1.29 is 4.79 Å². The van der Waals surface area contributed by atoms with Crippen LogP contribution in [0.5, 0.6) is 0 Å². The van der Waals surface area contributed by atoms with Gasteiger partial charge >= 0.3 is 0 Å². The summed E-state index contributed by atoms with van der Waals surface area (Å²) in [5.41, 5.74) is 1.34. The summed E-state index contributed by atoms with van der Waals surface area (Å²) in [6.45, 7) is 1.99. The second-order valence-electron chi connectivity index (χ2n) is 5.94. The van der Waals surface area contributed by atoms with Gasteiger partial charge in [0.2, 0.25) is 5.91 Å². The first-order valence-corrected chi connectivity index (χ1v) is 9.20. The molecule has 0 saturated carbocycles. The number of nitrogens with zero attached hydrogens (tertiary/aromatic N) is 1. The van der Waals surface area contributed by atoms with Gasteiger partial charge < -0.3 is 10.3 Å². The Balaban J connectivity index is 1.93. The lowest BCUT2D eigenvalue weighted by molar-refractivity contribution is -0.116. The van der Waals surface area contributed by atoms with E-state index in [0.717, 1.165) is 22.1 Å². The number of aromatic amines is 1.